The molecule has 4 nitrogen and oxygen atoms in total. The van der Waals surface area contributed by atoms with E-state index in [9.17, 15) is 4.79 Å². The van der Waals surface area contributed by atoms with E-state index in [2.05, 4.69) is 46.7 Å². The van der Waals surface area contributed by atoms with E-state index in [-0.39, 0.29) is 36.6 Å². The maximum atomic E-state index is 12.2. The number of hydrogen-bond donors (Lipinski definition) is 2. The van der Waals surface area contributed by atoms with Gasteiger partial charge in [0.15, 0.2) is 0 Å². The van der Waals surface area contributed by atoms with E-state index < -0.39 is 0 Å². The number of halogens is 2. The predicted molar refractivity (Wildman–Crippen MR) is 112 cm³/mol. The van der Waals surface area contributed by atoms with Crippen LogP contribution in [-0.4, -0.2) is 37.0 Å². The van der Waals surface area contributed by atoms with Gasteiger partial charge >= 0.3 is 0 Å². The van der Waals surface area contributed by atoms with Crippen LogP contribution in [0.3, 0.4) is 0 Å². The van der Waals surface area contributed by atoms with Crippen molar-refractivity contribution in [3.8, 4) is 0 Å². The van der Waals surface area contributed by atoms with Crippen molar-refractivity contribution in [2.75, 3.05) is 26.2 Å². The highest BCUT2D eigenvalue weighted by Crippen LogP contribution is 2.19. The van der Waals surface area contributed by atoms with Crippen molar-refractivity contribution in [1.82, 2.24) is 15.5 Å². The molecule has 2 aliphatic heterocycles. The highest BCUT2D eigenvalue weighted by Gasteiger charge is 2.28. The van der Waals surface area contributed by atoms with Gasteiger partial charge in [-0.3, -0.25) is 9.69 Å². The molecule has 1 aromatic carbocycles. The fourth-order valence-electron chi connectivity index (χ4n) is 3.47. The molecule has 1 aromatic rings. The van der Waals surface area contributed by atoms with Gasteiger partial charge in [0.1, 0.15) is 0 Å². The quantitative estimate of drug-likeness (QED) is 0.768. The number of hydrogen-bond acceptors (Lipinski definition) is 3. The highest BCUT2D eigenvalue weighted by atomic mass is 35.5. The second-order valence-electron chi connectivity index (χ2n) is 7.70. The Bertz CT molecular complexity index is 540. The number of carbonyl (C=O) groups excluding carboxylic acids is 1. The maximum absolute atomic E-state index is 12.2. The largest absolute Gasteiger partial charge is 0.352 e. The summed E-state index contributed by atoms with van der Waals surface area (Å²) >= 11 is 0. The molecule has 2 heterocycles. The predicted octanol–water partition coefficient (Wildman–Crippen LogP) is 3.23. The lowest BCUT2D eigenvalue weighted by Gasteiger charge is -2.31. The van der Waals surface area contributed by atoms with Gasteiger partial charge in [-0.15, -0.1) is 24.8 Å². The number of nitrogens with zero attached hydrogens (tertiary/aromatic N) is 1. The zero-order chi connectivity index (χ0) is 16.9. The lowest BCUT2D eigenvalue weighted by molar-refractivity contribution is -0.126. The molecule has 0 aromatic heterocycles. The Morgan fingerprint density at radius 3 is 2.27 bits per heavy atom. The van der Waals surface area contributed by atoms with Crippen molar-refractivity contribution < 1.29 is 4.79 Å². The summed E-state index contributed by atoms with van der Waals surface area (Å²) in [6.45, 7) is 10.4. The fraction of sp³-hybridized carbons (Fsp3) is 0.650. The molecule has 1 amide bonds. The van der Waals surface area contributed by atoms with Crippen LogP contribution < -0.4 is 10.6 Å². The van der Waals surface area contributed by atoms with Gasteiger partial charge in [-0.1, -0.05) is 38.1 Å². The van der Waals surface area contributed by atoms with E-state index in [4.69, 9.17) is 0 Å². The Balaban J connectivity index is 0.00000169. The van der Waals surface area contributed by atoms with Crippen molar-refractivity contribution in [3.63, 3.8) is 0 Å². The standard InChI is InChI=1S/C20H31N3O.2ClH/c1-15-7-9-23(10-8-15)14-18-5-3-17(4-6-18)11-22-20(24)16(2)19-12-21-13-19;;/h3-6,15-16,19,21H,7-14H2,1-2H3,(H,22,24);2*1H. The Morgan fingerprint density at radius 2 is 1.73 bits per heavy atom. The first-order chi connectivity index (χ1) is 11.6. The molecular weight excluding hydrogens is 369 g/mol. The van der Waals surface area contributed by atoms with Crippen LogP contribution in [0.25, 0.3) is 0 Å². The Labute approximate surface area is 170 Å². The third kappa shape index (κ3) is 6.41. The summed E-state index contributed by atoms with van der Waals surface area (Å²) in [5.74, 6) is 1.66. The van der Waals surface area contributed by atoms with E-state index in [1.54, 1.807) is 0 Å². The summed E-state index contributed by atoms with van der Waals surface area (Å²) in [4.78, 5) is 14.7. The van der Waals surface area contributed by atoms with E-state index in [1.807, 2.05) is 6.92 Å². The van der Waals surface area contributed by atoms with E-state index in [0.29, 0.717) is 12.5 Å². The van der Waals surface area contributed by atoms with Crippen LogP contribution in [0.4, 0.5) is 0 Å². The maximum Gasteiger partial charge on any atom is 0.223 e. The smallest absolute Gasteiger partial charge is 0.223 e. The third-order valence-corrected chi connectivity index (χ3v) is 5.71. The Hall–Kier alpha value is -0.810. The lowest BCUT2D eigenvalue weighted by Crippen LogP contribution is -2.49. The minimum Gasteiger partial charge on any atom is -0.352 e. The van der Waals surface area contributed by atoms with Crippen LogP contribution in [0.5, 0.6) is 0 Å². The molecule has 1 atom stereocenters. The van der Waals surface area contributed by atoms with Gasteiger partial charge < -0.3 is 10.6 Å². The van der Waals surface area contributed by atoms with Crippen LogP contribution in [0.1, 0.15) is 37.8 Å². The van der Waals surface area contributed by atoms with Crippen molar-refractivity contribution in [1.29, 1.82) is 0 Å². The highest BCUT2D eigenvalue weighted by molar-refractivity contribution is 5.85. The third-order valence-electron chi connectivity index (χ3n) is 5.71. The summed E-state index contributed by atoms with van der Waals surface area (Å²) in [5.41, 5.74) is 2.55. The van der Waals surface area contributed by atoms with Crippen LogP contribution in [-0.2, 0) is 17.9 Å². The SMILES string of the molecule is CC1CCN(Cc2ccc(CNC(=O)C(C)C3CNC3)cc2)CC1.Cl.Cl. The number of carbonyl (C=O) groups is 1. The summed E-state index contributed by atoms with van der Waals surface area (Å²) in [7, 11) is 0. The van der Waals surface area contributed by atoms with Gasteiger partial charge in [0, 0.05) is 19.0 Å². The molecule has 2 N–H and O–H groups in total. The van der Waals surface area contributed by atoms with Crippen LogP contribution in [0.15, 0.2) is 24.3 Å². The number of piperidine rings is 1. The van der Waals surface area contributed by atoms with Crippen LogP contribution in [0.2, 0.25) is 0 Å². The minimum absolute atomic E-state index is 0. The Kier molecular flexibility index (Phi) is 9.94. The normalized spacial score (nSPS) is 19.6. The number of amides is 1. The number of likely N-dealkylation sites (tertiary alicyclic amines) is 1. The van der Waals surface area contributed by atoms with Crippen molar-refractivity contribution in [2.45, 2.75) is 39.8 Å². The topological polar surface area (TPSA) is 44.4 Å². The number of nitrogens with one attached hydrogen (secondary N) is 2. The Morgan fingerprint density at radius 1 is 1.15 bits per heavy atom. The second kappa shape index (κ2) is 11.1. The zero-order valence-electron chi connectivity index (χ0n) is 15.9. The van der Waals surface area contributed by atoms with Crippen LogP contribution >= 0.6 is 24.8 Å². The van der Waals surface area contributed by atoms with Crippen molar-refractivity contribution >= 4 is 30.7 Å². The van der Waals surface area contributed by atoms with Gasteiger partial charge in [0.25, 0.3) is 0 Å². The first kappa shape index (κ1) is 23.2. The molecule has 1 unspecified atom stereocenters. The molecule has 2 fully saturated rings. The van der Waals surface area contributed by atoms with E-state index in [1.165, 1.54) is 37.1 Å². The average molecular weight is 402 g/mol. The molecule has 0 saturated carbocycles. The molecule has 148 valence electrons. The molecule has 2 aliphatic rings. The minimum atomic E-state index is 0. The molecule has 0 radical (unpaired) electrons. The number of rotatable bonds is 6. The lowest BCUT2D eigenvalue weighted by atomic mass is 9.88. The monoisotopic (exact) mass is 401 g/mol. The summed E-state index contributed by atoms with van der Waals surface area (Å²) in [6.07, 6.45) is 2.64. The molecule has 2 saturated heterocycles. The average Bonchev–Trinajstić information content (AvgIpc) is 2.54. The van der Waals surface area contributed by atoms with Crippen molar-refractivity contribution in [2.24, 2.45) is 17.8 Å². The van der Waals surface area contributed by atoms with Gasteiger partial charge in [0.05, 0.1) is 0 Å². The molecule has 6 heteroatoms. The second-order valence-corrected chi connectivity index (χ2v) is 7.70. The molecule has 3 rings (SSSR count). The van der Waals surface area contributed by atoms with Crippen molar-refractivity contribution in [3.05, 3.63) is 35.4 Å². The molecule has 0 spiro atoms. The summed E-state index contributed by atoms with van der Waals surface area (Å²) < 4.78 is 0. The summed E-state index contributed by atoms with van der Waals surface area (Å²) in [5, 5.41) is 6.31. The van der Waals surface area contributed by atoms with Gasteiger partial charge in [-0.2, -0.15) is 0 Å². The molecular formula is C20H33Cl2N3O. The van der Waals surface area contributed by atoms with Crippen LogP contribution in [0, 0.1) is 17.8 Å². The number of benzene rings is 1. The zero-order valence-corrected chi connectivity index (χ0v) is 17.5. The van der Waals surface area contributed by atoms with E-state index in [0.717, 1.165) is 25.6 Å². The first-order valence-electron chi connectivity index (χ1n) is 9.40. The fourth-order valence-corrected chi connectivity index (χ4v) is 3.47. The van der Waals surface area contributed by atoms with Gasteiger partial charge in [-0.05, 0) is 62.0 Å². The summed E-state index contributed by atoms with van der Waals surface area (Å²) in [6, 6.07) is 8.72. The molecule has 26 heavy (non-hydrogen) atoms. The van der Waals surface area contributed by atoms with E-state index >= 15 is 0 Å². The molecule has 0 bridgehead atoms. The molecule has 0 aliphatic carbocycles. The van der Waals surface area contributed by atoms with Gasteiger partial charge in [0.2, 0.25) is 5.91 Å². The first-order valence-corrected chi connectivity index (χ1v) is 9.40. The van der Waals surface area contributed by atoms with Gasteiger partial charge in [-0.25, -0.2) is 0 Å².